The molecule has 188 valence electrons. The third kappa shape index (κ3) is 4.93. The quantitative estimate of drug-likeness (QED) is 0.290. The zero-order chi connectivity index (χ0) is 25.9. The molecule has 6 rings (SSSR count). The number of hydrogen-bond acceptors (Lipinski definition) is 6. The monoisotopic (exact) mass is 495 g/mol. The lowest BCUT2D eigenvalue weighted by molar-refractivity contribution is 0.205. The molecule has 0 atom stereocenters. The average Bonchev–Trinajstić information content (AvgIpc) is 3.30. The fourth-order valence-electron chi connectivity index (χ4n) is 5.08. The summed E-state index contributed by atoms with van der Waals surface area (Å²) in [6, 6.07) is 19.2. The minimum Gasteiger partial charge on any atom is -0.465 e. The van der Waals surface area contributed by atoms with Crippen molar-refractivity contribution in [2.24, 2.45) is 5.73 Å². The van der Waals surface area contributed by atoms with Gasteiger partial charge in [-0.2, -0.15) is 5.10 Å². The molecule has 9 heteroatoms. The Hall–Kier alpha value is -4.53. The van der Waals surface area contributed by atoms with Crippen molar-refractivity contribution in [1.29, 1.82) is 0 Å². The first-order chi connectivity index (χ1) is 17.9. The maximum atomic E-state index is 8.78. The summed E-state index contributed by atoms with van der Waals surface area (Å²) in [4.78, 5) is 22.6. The van der Waals surface area contributed by atoms with E-state index >= 15 is 0 Å². The van der Waals surface area contributed by atoms with Crippen LogP contribution in [0.25, 0.3) is 44.5 Å². The minimum atomic E-state index is -1.33. The summed E-state index contributed by atoms with van der Waals surface area (Å²) >= 11 is 0. The molecule has 1 aliphatic carbocycles. The summed E-state index contributed by atoms with van der Waals surface area (Å²) in [5.74, 6) is 0.472. The van der Waals surface area contributed by atoms with Crippen LogP contribution < -0.4 is 11.5 Å². The topological polar surface area (TPSA) is 146 Å². The average molecular weight is 496 g/mol. The summed E-state index contributed by atoms with van der Waals surface area (Å²) in [5, 5.41) is 14.2. The first-order valence-corrected chi connectivity index (χ1v) is 12.4. The third-order valence-electron chi connectivity index (χ3n) is 6.80. The van der Waals surface area contributed by atoms with Gasteiger partial charge in [-0.3, -0.25) is 0 Å². The van der Waals surface area contributed by atoms with E-state index in [1.807, 2.05) is 18.2 Å². The minimum absolute atomic E-state index is 0.356. The number of primary amides is 1. The molecule has 0 unspecified atom stereocenters. The predicted molar refractivity (Wildman–Crippen MR) is 145 cm³/mol. The maximum Gasteiger partial charge on any atom is 0.402 e. The molecule has 5 aromatic rings. The van der Waals surface area contributed by atoms with E-state index in [9.17, 15) is 0 Å². The van der Waals surface area contributed by atoms with Crippen LogP contribution in [-0.2, 0) is 0 Å². The van der Waals surface area contributed by atoms with Gasteiger partial charge in [0.1, 0.15) is 17.8 Å². The first-order valence-electron chi connectivity index (χ1n) is 12.4. The van der Waals surface area contributed by atoms with Gasteiger partial charge < -0.3 is 16.6 Å². The lowest BCUT2D eigenvalue weighted by Crippen LogP contribution is -2.14. The highest BCUT2D eigenvalue weighted by molar-refractivity contribution is 6.00. The van der Waals surface area contributed by atoms with E-state index in [1.54, 1.807) is 6.33 Å². The van der Waals surface area contributed by atoms with E-state index in [0.717, 1.165) is 57.3 Å². The number of hydrogen-bond donors (Lipinski definition) is 3. The van der Waals surface area contributed by atoms with Crippen molar-refractivity contribution in [3.05, 3.63) is 66.5 Å². The van der Waals surface area contributed by atoms with Crippen LogP contribution in [0.4, 0.5) is 10.6 Å². The van der Waals surface area contributed by atoms with Crippen LogP contribution in [0.3, 0.4) is 0 Å². The number of carboxylic acid groups (broad SMARTS) is 1. The number of rotatable bonds is 3. The molecular formula is C28H29N7O2. The Balaban J connectivity index is 0.000000655. The lowest BCUT2D eigenvalue weighted by Gasteiger charge is -2.22. The molecule has 0 spiro atoms. The third-order valence-corrected chi connectivity index (χ3v) is 6.80. The smallest absolute Gasteiger partial charge is 0.402 e. The highest BCUT2D eigenvalue weighted by atomic mass is 16.4. The van der Waals surface area contributed by atoms with Gasteiger partial charge in [-0.1, -0.05) is 61.7 Å². The number of nitrogen functional groups attached to an aromatic ring is 1. The SMILES string of the molecule is Cc1cc(-c2ccccc2)nc2cc(-c3nn(C4CCCCC4)c4ncnc(N)c34)ccc12.NC(=O)O. The Labute approximate surface area is 214 Å². The number of benzene rings is 2. The van der Waals surface area contributed by atoms with Gasteiger partial charge in [0.05, 0.1) is 22.6 Å². The van der Waals surface area contributed by atoms with Crippen molar-refractivity contribution >= 4 is 33.8 Å². The number of aryl methyl sites for hydroxylation is 1. The van der Waals surface area contributed by atoms with Crippen LogP contribution in [0.5, 0.6) is 0 Å². The highest BCUT2D eigenvalue weighted by Gasteiger charge is 2.24. The molecule has 3 aromatic heterocycles. The molecule has 1 amide bonds. The molecule has 0 saturated heterocycles. The second-order valence-electron chi connectivity index (χ2n) is 9.30. The van der Waals surface area contributed by atoms with Crippen LogP contribution in [0.2, 0.25) is 0 Å². The fourth-order valence-corrected chi connectivity index (χ4v) is 5.08. The number of nitrogens with two attached hydrogens (primary N) is 2. The summed E-state index contributed by atoms with van der Waals surface area (Å²) in [5.41, 5.74) is 17.3. The van der Waals surface area contributed by atoms with Crippen LogP contribution in [0.15, 0.2) is 60.9 Å². The van der Waals surface area contributed by atoms with Gasteiger partial charge >= 0.3 is 6.09 Å². The number of carbonyl (C=O) groups is 1. The molecule has 0 bridgehead atoms. The van der Waals surface area contributed by atoms with Crippen LogP contribution >= 0.6 is 0 Å². The molecule has 5 N–H and O–H groups in total. The van der Waals surface area contributed by atoms with Gasteiger partial charge in [0, 0.05) is 16.5 Å². The zero-order valence-electron chi connectivity index (χ0n) is 20.6. The Bertz CT molecular complexity index is 1570. The zero-order valence-corrected chi connectivity index (χ0v) is 20.6. The number of amides is 1. The van der Waals surface area contributed by atoms with Crippen LogP contribution in [-0.4, -0.2) is 35.9 Å². The predicted octanol–water partition coefficient (Wildman–Crippen LogP) is 5.73. The molecule has 1 aliphatic rings. The molecule has 1 saturated carbocycles. The largest absolute Gasteiger partial charge is 0.465 e. The molecule has 37 heavy (non-hydrogen) atoms. The number of anilines is 1. The highest BCUT2D eigenvalue weighted by Crippen LogP contribution is 2.37. The number of aromatic nitrogens is 5. The second-order valence-corrected chi connectivity index (χ2v) is 9.30. The molecular weight excluding hydrogens is 466 g/mol. The van der Waals surface area contributed by atoms with Crippen LogP contribution in [0, 0.1) is 6.92 Å². The van der Waals surface area contributed by atoms with E-state index in [2.05, 4.69) is 63.7 Å². The van der Waals surface area contributed by atoms with Gasteiger partial charge in [-0.05, 0) is 37.5 Å². The van der Waals surface area contributed by atoms with E-state index in [1.165, 1.54) is 24.8 Å². The maximum absolute atomic E-state index is 8.78. The van der Waals surface area contributed by atoms with Gasteiger partial charge in [0.2, 0.25) is 0 Å². The van der Waals surface area contributed by atoms with Crippen molar-refractivity contribution in [3.63, 3.8) is 0 Å². The summed E-state index contributed by atoms with van der Waals surface area (Å²) in [6.45, 7) is 2.13. The fraction of sp³-hybridized carbons (Fsp3) is 0.250. The Morgan fingerprint density at radius 2 is 1.73 bits per heavy atom. The van der Waals surface area contributed by atoms with E-state index in [4.69, 9.17) is 25.7 Å². The van der Waals surface area contributed by atoms with Crippen molar-refractivity contribution < 1.29 is 9.90 Å². The number of fused-ring (bicyclic) bond motifs is 2. The lowest BCUT2D eigenvalue weighted by atomic mass is 9.96. The second kappa shape index (κ2) is 10.2. The standard InChI is InChI=1S/C27H26N6.CH3NO2/c1-17-14-22(18-8-4-2-5-9-18)31-23-15-19(12-13-21(17)23)25-24-26(28)29-16-30-27(24)33(32-25)20-10-6-3-7-11-20;2-1(3)4/h2,4-5,8-9,12-16,20H,3,6-7,10-11H2,1H3,(H2,28,29,30);2H2,(H,3,4). The Morgan fingerprint density at radius 1 is 1.00 bits per heavy atom. The number of pyridine rings is 1. The van der Waals surface area contributed by atoms with E-state index in [0.29, 0.717) is 11.9 Å². The number of nitrogens with zero attached hydrogens (tertiary/aromatic N) is 5. The van der Waals surface area contributed by atoms with Gasteiger partial charge in [-0.25, -0.2) is 24.4 Å². The van der Waals surface area contributed by atoms with Crippen molar-refractivity contribution in [2.75, 3.05) is 5.73 Å². The summed E-state index contributed by atoms with van der Waals surface area (Å²) in [7, 11) is 0. The summed E-state index contributed by atoms with van der Waals surface area (Å²) < 4.78 is 2.09. The molecule has 2 aromatic carbocycles. The van der Waals surface area contributed by atoms with E-state index < -0.39 is 6.09 Å². The molecule has 1 fully saturated rings. The van der Waals surface area contributed by atoms with Crippen LogP contribution in [0.1, 0.15) is 43.7 Å². The summed E-state index contributed by atoms with van der Waals surface area (Å²) in [6.07, 6.45) is 6.20. The molecule has 3 heterocycles. The molecule has 9 nitrogen and oxygen atoms in total. The van der Waals surface area contributed by atoms with Gasteiger partial charge in [0.25, 0.3) is 0 Å². The van der Waals surface area contributed by atoms with Crippen molar-refractivity contribution in [1.82, 2.24) is 24.7 Å². The first kappa shape index (κ1) is 24.2. The molecule has 0 radical (unpaired) electrons. The Kier molecular flexibility index (Phi) is 6.68. The van der Waals surface area contributed by atoms with E-state index in [-0.39, 0.29) is 0 Å². The van der Waals surface area contributed by atoms with Crippen molar-refractivity contribution in [2.45, 2.75) is 45.1 Å². The molecule has 0 aliphatic heterocycles. The van der Waals surface area contributed by atoms with Crippen molar-refractivity contribution in [3.8, 4) is 22.5 Å². The van der Waals surface area contributed by atoms with Gasteiger partial charge in [0.15, 0.2) is 5.65 Å². The Morgan fingerprint density at radius 3 is 2.46 bits per heavy atom. The normalized spacial score (nSPS) is 13.9. The van der Waals surface area contributed by atoms with Gasteiger partial charge in [-0.15, -0.1) is 0 Å².